The molecule has 0 aliphatic carbocycles. The van der Waals surface area contributed by atoms with Crippen molar-refractivity contribution in [3.8, 4) is 0 Å². The normalized spacial score (nSPS) is 18.1. The molecular weight excluding hydrogens is 242 g/mol. The van der Waals surface area contributed by atoms with Gasteiger partial charge in [-0.3, -0.25) is 0 Å². The van der Waals surface area contributed by atoms with Crippen molar-refractivity contribution in [2.24, 2.45) is 4.99 Å². The monoisotopic (exact) mass is 251 g/mol. The van der Waals surface area contributed by atoms with Gasteiger partial charge in [0.2, 0.25) is 5.90 Å². The van der Waals surface area contributed by atoms with E-state index in [2.05, 4.69) is 20.9 Å². The summed E-state index contributed by atoms with van der Waals surface area (Å²) in [6, 6.07) is 7.94. The summed E-state index contributed by atoms with van der Waals surface area (Å²) in [5, 5.41) is 0. The van der Waals surface area contributed by atoms with Gasteiger partial charge in [-0.1, -0.05) is 15.9 Å². The number of aliphatic imine (C=N–C) groups is 1. The molecule has 3 heteroatoms. The standard InChI is InChI=1S/C11H10BrNO/c1-2-10-7-13-11(14-10)8-3-5-9(12)6-4-8/h2-6H,7H2,1H3/b10-2-. The van der Waals surface area contributed by atoms with E-state index in [0.717, 1.165) is 15.8 Å². The third kappa shape index (κ3) is 1.87. The lowest BCUT2D eigenvalue weighted by atomic mass is 10.2. The van der Waals surface area contributed by atoms with Gasteiger partial charge >= 0.3 is 0 Å². The second-order valence-electron chi connectivity index (χ2n) is 2.99. The van der Waals surface area contributed by atoms with Crippen molar-refractivity contribution in [1.29, 1.82) is 0 Å². The summed E-state index contributed by atoms with van der Waals surface area (Å²) in [5.41, 5.74) is 1.02. The number of hydrogen-bond acceptors (Lipinski definition) is 2. The SMILES string of the molecule is C/C=C1/CN=C(c2ccc(Br)cc2)O1. The second kappa shape index (κ2) is 3.96. The zero-order chi connectivity index (χ0) is 9.97. The molecular formula is C11H10BrNO. The highest BCUT2D eigenvalue weighted by Crippen LogP contribution is 2.17. The summed E-state index contributed by atoms with van der Waals surface area (Å²) in [6.45, 7) is 2.61. The summed E-state index contributed by atoms with van der Waals surface area (Å²) in [6.07, 6.45) is 1.94. The fraction of sp³-hybridized carbons (Fsp3) is 0.182. The van der Waals surface area contributed by atoms with Crippen molar-refractivity contribution in [3.63, 3.8) is 0 Å². The first-order chi connectivity index (χ1) is 6.79. The summed E-state index contributed by atoms with van der Waals surface area (Å²) >= 11 is 3.39. The predicted octanol–water partition coefficient (Wildman–Crippen LogP) is 3.13. The summed E-state index contributed by atoms with van der Waals surface area (Å²) in [5.74, 6) is 1.63. The third-order valence-corrected chi connectivity index (χ3v) is 2.55. The van der Waals surface area contributed by atoms with Gasteiger partial charge in [0, 0.05) is 10.0 Å². The molecule has 0 amide bonds. The predicted molar refractivity (Wildman–Crippen MR) is 60.4 cm³/mol. The molecule has 2 nitrogen and oxygen atoms in total. The van der Waals surface area contributed by atoms with E-state index in [0.29, 0.717) is 12.4 Å². The van der Waals surface area contributed by atoms with Crippen molar-refractivity contribution < 1.29 is 4.74 Å². The molecule has 0 unspecified atom stereocenters. The first-order valence-electron chi connectivity index (χ1n) is 4.43. The van der Waals surface area contributed by atoms with Crippen LogP contribution in [0.5, 0.6) is 0 Å². The zero-order valence-electron chi connectivity index (χ0n) is 7.83. The molecule has 0 saturated heterocycles. The molecule has 0 aromatic heterocycles. The maximum Gasteiger partial charge on any atom is 0.222 e. The molecule has 1 aliphatic heterocycles. The quantitative estimate of drug-likeness (QED) is 0.752. The van der Waals surface area contributed by atoms with Gasteiger partial charge in [-0.25, -0.2) is 4.99 Å². The molecule has 0 radical (unpaired) electrons. The molecule has 0 fully saturated rings. The molecule has 1 aliphatic rings. The van der Waals surface area contributed by atoms with E-state index in [1.165, 1.54) is 0 Å². The molecule has 0 bridgehead atoms. The van der Waals surface area contributed by atoms with E-state index in [9.17, 15) is 0 Å². The highest BCUT2D eigenvalue weighted by molar-refractivity contribution is 9.10. The van der Waals surface area contributed by atoms with Crippen LogP contribution in [0.3, 0.4) is 0 Å². The molecule has 0 saturated carbocycles. The maximum absolute atomic E-state index is 5.53. The minimum absolute atomic E-state index is 0.655. The first-order valence-corrected chi connectivity index (χ1v) is 5.22. The van der Waals surface area contributed by atoms with Gasteiger partial charge in [-0.15, -0.1) is 0 Å². The van der Waals surface area contributed by atoms with Crippen LogP contribution in [-0.4, -0.2) is 12.4 Å². The number of ether oxygens (including phenoxy) is 1. The van der Waals surface area contributed by atoms with Crippen molar-refractivity contribution in [3.05, 3.63) is 46.1 Å². The fourth-order valence-corrected chi connectivity index (χ4v) is 1.50. The molecule has 1 heterocycles. The highest BCUT2D eigenvalue weighted by Gasteiger charge is 2.13. The first kappa shape index (κ1) is 9.46. The van der Waals surface area contributed by atoms with E-state index in [-0.39, 0.29) is 0 Å². The van der Waals surface area contributed by atoms with E-state index in [4.69, 9.17) is 4.74 Å². The van der Waals surface area contributed by atoms with Gasteiger partial charge in [0.15, 0.2) is 0 Å². The van der Waals surface area contributed by atoms with Crippen LogP contribution >= 0.6 is 15.9 Å². The molecule has 14 heavy (non-hydrogen) atoms. The number of nitrogens with zero attached hydrogens (tertiary/aromatic N) is 1. The number of allylic oxidation sites excluding steroid dienone is 1. The van der Waals surface area contributed by atoms with Gasteiger partial charge in [0.25, 0.3) is 0 Å². The van der Waals surface area contributed by atoms with Gasteiger partial charge in [0.1, 0.15) is 12.3 Å². The molecule has 2 rings (SSSR count). The second-order valence-corrected chi connectivity index (χ2v) is 3.90. The van der Waals surface area contributed by atoms with E-state index >= 15 is 0 Å². The van der Waals surface area contributed by atoms with Crippen LogP contribution in [0, 0.1) is 0 Å². The Balaban J connectivity index is 2.22. The Bertz CT molecular complexity index is 392. The Morgan fingerprint density at radius 2 is 2.07 bits per heavy atom. The van der Waals surface area contributed by atoms with Gasteiger partial charge in [0.05, 0.1) is 0 Å². The lowest BCUT2D eigenvalue weighted by molar-refractivity contribution is 0.438. The lowest BCUT2D eigenvalue weighted by Crippen LogP contribution is -1.99. The molecule has 72 valence electrons. The summed E-state index contributed by atoms with van der Waals surface area (Å²) in [4.78, 5) is 4.30. The summed E-state index contributed by atoms with van der Waals surface area (Å²) in [7, 11) is 0. The average Bonchev–Trinajstić information content (AvgIpc) is 2.67. The Labute approximate surface area is 91.4 Å². The Morgan fingerprint density at radius 3 is 2.64 bits per heavy atom. The topological polar surface area (TPSA) is 21.6 Å². The van der Waals surface area contributed by atoms with Gasteiger partial charge < -0.3 is 4.74 Å². The van der Waals surface area contributed by atoms with E-state index < -0.39 is 0 Å². The van der Waals surface area contributed by atoms with E-state index in [1.54, 1.807) is 0 Å². The van der Waals surface area contributed by atoms with Crippen LogP contribution in [0.1, 0.15) is 12.5 Å². The van der Waals surface area contributed by atoms with Crippen molar-refractivity contribution >= 4 is 21.8 Å². The highest BCUT2D eigenvalue weighted by atomic mass is 79.9. The van der Waals surface area contributed by atoms with Crippen LogP contribution in [0.2, 0.25) is 0 Å². The minimum Gasteiger partial charge on any atom is -0.441 e. The number of halogens is 1. The third-order valence-electron chi connectivity index (χ3n) is 2.02. The molecule has 1 aromatic carbocycles. The van der Waals surface area contributed by atoms with Crippen molar-refractivity contribution in [1.82, 2.24) is 0 Å². The Morgan fingerprint density at radius 1 is 1.36 bits per heavy atom. The summed E-state index contributed by atoms with van der Waals surface area (Å²) < 4.78 is 6.59. The molecule has 1 aromatic rings. The maximum atomic E-state index is 5.53. The molecule has 0 atom stereocenters. The van der Waals surface area contributed by atoms with Gasteiger partial charge in [-0.2, -0.15) is 0 Å². The fourth-order valence-electron chi connectivity index (χ4n) is 1.23. The van der Waals surface area contributed by atoms with Crippen LogP contribution < -0.4 is 0 Å². The Hall–Kier alpha value is -1.09. The van der Waals surface area contributed by atoms with Crippen LogP contribution in [0.15, 0.2) is 45.6 Å². The number of rotatable bonds is 1. The molecule has 0 spiro atoms. The lowest BCUT2D eigenvalue weighted by Gasteiger charge is -2.01. The van der Waals surface area contributed by atoms with Crippen molar-refractivity contribution in [2.45, 2.75) is 6.92 Å². The number of benzene rings is 1. The van der Waals surface area contributed by atoms with Crippen molar-refractivity contribution in [2.75, 3.05) is 6.54 Å². The minimum atomic E-state index is 0.655. The van der Waals surface area contributed by atoms with Crippen LogP contribution in [0.25, 0.3) is 0 Å². The Kier molecular flexibility index (Phi) is 2.68. The zero-order valence-corrected chi connectivity index (χ0v) is 9.41. The van der Waals surface area contributed by atoms with Crippen LogP contribution in [-0.2, 0) is 4.74 Å². The van der Waals surface area contributed by atoms with E-state index in [1.807, 2.05) is 37.3 Å². The number of hydrogen-bond donors (Lipinski definition) is 0. The smallest absolute Gasteiger partial charge is 0.222 e. The van der Waals surface area contributed by atoms with Gasteiger partial charge in [-0.05, 0) is 37.3 Å². The molecule has 0 N–H and O–H groups in total. The van der Waals surface area contributed by atoms with Crippen LogP contribution in [0.4, 0.5) is 0 Å². The largest absolute Gasteiger partial charge is 0.441 e. The average molecular weight is 252 g/mol.